The van der Waals surface area contributed by atoms with Crippen molar-refractivity contribution in [2.45, 2.75) is 51.6 Å². The molecule has 28 heavy (non-hydrogen) atoms. The fourth-order valence-corrected chi connectivity index (χ4v) is 3.69. The molecule has 0 aliphatic carbocycles. The number of hydrogen-bond acceptors (Lipinski definition) is 3. The van der Waals surface area contributed by atoms with E-state index in [2.05, 4.69) is 12.2 Å². The van der Waals surface area contributed by atoms with Gasteiger partial charge in [-0.1, -0.05) is 30.3 Å². The Hall–Kier alpha value is -2.66. The van der Waals surface area contributed by atoms with Gasteiger partial charge in [-0.05, 0) is 68.9 Å². The molecule has 1 aliphatic heterocycles. The minimum Gasteiger partial charge on any atom is -0.336 e. The summed E-state index contributed by atoms with van der Waals surface area (Å²) in [6, 6.07) is 14.8. The Morgan fingerprint density at radius 1 is 1.18 bits per heavy atom. The lowest BCUT2D eigenvalue weighted by atomic mass is 10.0. The monoisotopic (exact) mass is 379 g/mol. The number of carbonyl (C=O) groups is 2. The molecule has 5 heteroatoms. The molecule has 1 fully saturated rings. The second kappa shape index (κ2) is 9.02. The quantitative estimate of drug-likeness (QED) is 0.835. The van der Waals surface area contributed by atoms with E-state index in [0.29, 0.717) is 17.7 Å². The van der Waals surface area contributed by atoms with Gasteiger partial charge in [0.1, 0.15) is 0 Å². The maximum absolute atomic E-state index is 12.8. The summed E-state index contributed by atoms with van der Waals surface area (Å²) < 4.78 is 0. The molecule has 1 unspecified atom stereocenters. The van der Waals surface area contributed by atoms with Gasteiger partial charge in [-0.15, -0.1) is 0 Å². The van der Waals surface area contributed by atoms with Crippen LogP contribution in [0.5, 0.6) is 0 Å². The van der Waals surface area contributed by atoms with E-state index in [-0.39, 0.29) is 17.9 Å². The molecule has 2 aromatic rings. The summed E-state index contributed by atoms with van der Waals surface area (Å²) in [5.41, 5.74) is 9.30. The van der Waals surface area contributed by atoms with Crippen LogP contribution < -0.4 is 11.1 Å². The Kier molecular flexibility index (Phi) is 6.47. The van der Waals surface area contributed by atoms with E-state index in [4.69, 9.17) is 5.73 Å². The first-order chi connectivity index (χ1) is 13.5. The lowest BCUT2D eigenvalue weighted by molar-refractivity contribution is -0.117. The highest BCUT2D eigenvalue weighted by molar-refractivity contribution is 5.98. The average Bonchev–Trinajstić information content (AvgIpc) is 2.70. The third-order valence-electron chi connectivity index (χ3n) is 5.43. The largest absolute Gasteiger partial charge is 0.336 e. The molecule has 1 saturated heterocycles. The molecule has 0 aromatic heterocycles. The third kappa shape index (κ3) is 4.78. The van der Waals surface area contributed by atoms with Crippen molar-refractivity contribution in [3.63, 3.8) is 0 Å². The number of nitrogens with zero attached hydrogens (tertiary/aromatic N) is 1. The van der Waals surface area contributed by atoms with Gasteiger partial charge in [0.15, 0.2) is 0 Å². The molecule has 2 amide bonds. The highest BCUT2D eigenvalue weighted by Gasteiger charge is 2.24. The van der Waals surface area contributed by atoms with Crippen molar-refractivity contribution in [2.75, 3.05) is 11.9 Å². The van der Waals surface area contributed by atoms with Gasteiger partial charge in [-0.2, -0.15) is 0 Å². The van der Waals surface area contributed by atoms with Crippen molar-refractivity contribution in [3.8, 4) is 0 Å². The number of anilines is 1. The number of amides is 2. The fraction of sp³-hybridized carbons (Fsp3) is 0.391. The van der Waals surface area contributed by atoms with Gasteiger partial charge in [-0.3, -0.25) is 9.59 Å². The molecule has 3 N–H and O–H groups in total. The zero-order chi connectivity index (χ0) is 20.1. The lowest BCUT2D eigenvalue weighted by Gasteiger charge is -2.33. The van der Waals surface area contributed by atoms with Gasteiger partial charge < -0.3 is 16.0 Å². The number of nitrogens with two attached hydrogens (primary N) is 1. The van der Waals surface area contributed by atoms with Crippen LogP contribution in [0.25, 0.3) is 0 Å². The van der Waals surface area contributed by atoms with Crippen molar-refractivity contribution in [3.05, 3.63) is 65.2 Å². The van der Waals surface area contributed by atoms with E-state index in [9.17, 15) is 9.59 Å². The van der Waals surface area contributed by atoms with E-state index in [1.165, 1.54) is 6.42 Å². The Balaban J connectivity index is 1.65. The molecule has 1 heterocycles. The number of rotatable bonds is 5. The minimum atomic E-state index is -0.627. The lowest BCUT2D eigenvalue weighted by Crippen LogP contribution is -2.42. The molecule has 0 saturated carbocycles. The molecule has 2 atom stereocenters. The predicted molar refractivity (Wildman–Crippen MR) is 112 cm³/mol. The summed E-state index contributed by atoms with van der Waals surface area (Å²) in [5.74, 6) is -0.162. The number of likely N-dealkylation sites (tertiary alicyclic amines) is 1. The Morgan fingerprint density at radius 3 is 2.61 bits per heavy atom. The average molecular weight is 380 g/mol. The van der Waals surface area contributed by atoms with Gasteiger partial charge >= 0.3 is 0 Å². The topological polar surface area (TPSA) is 75.4 Å². The van der Waals surface area contributed by atoms with E-state index < -0.39 is 6.04 Å². The Bertz CT molecular complexity index is 835. The number of piperidine rings is 1. The summed E-state index contributed by atoms with van der Waals surface area (Å²) in [4.78, 5) is 27.2. The predicted octanol–water partition coefficient (Wildman–Crippen LogP) is 3.52. The zero-order valence-electron chi connectivity index (χ0n) is 16.7. The molecular formula is C23H29N3O2. The smallest absolute Gasteiger partial charge is 0.254 e. The van der Waals surface area contributed by atoms with Crippen molar-refractivity contribution in [2.24, 2.45) is 5.73 Å². The van der Waals surface area contributed by atoms with Crippen LogP contribution in [0.1, 0.15) is 47.7 Å². The first-order valence-corrected chi connectivity index (χ1v) is 9.97. The van der Waals surface area contributed by atoms with Crippen molar-refractivity contribution in [1.29, 1.82) is 0 Å². The highest BCUT2D eigenvalue weighted by atomic mass is 16.2. The van der Waals surface area contributed by atoms with Crippen LogP contribution in [0.3, 0.4) is 0 Å². The highest BCUT2D eigenvalue weighted by Crippen LogP contribution is 2.22. The fourth-order valence-electron chi connectivity index (χ4n) is 3.69. The molecule has 148 valence electrons. The normalized spacial score (nSPS) is 17.8. The van der Waals surface area contributed by atoms with Gasteiger partial charge in [0.05, 0.1) is 6.04 Å². The van der Waals surface area contributed by atoms with Gasteiger partial charge in [-0.25, -0.2) is 0 Å². The third-order valence-corrected chi connectivity index (χ3v) is 5.43. The minimum absolute atomic E-state index is 0.0638. The second-order valence-electron chi connectivity index (χ2n) is 7.66. The van der Waals surface area contributed by atoms with Gasteiger partial charge in [0, 0.05) is 23.8 Å². The summed E-state index contributed by atoms with van der Waals surface area (Å²) in [6.07, 6.45) is 3.77. The van der Waals surface area contributed by atoms with E-state index in [0.717, 1.165) is 30.5 Å². The summed E-state index contributed by atoms with van der Waals surface area (Å²) in [6.45, 7) is 4.81. The number of nitrogens with one attached hydrogen (secondary N) is 1. The maximum atomic E-state index is 12.8. The first-order valence-electron chi connectivity index (χ1n) is 9.97. The molecule has 0 spiro atoms. The molecule has 2 aromatic carbocycles. The summed E-state index contributed by atoms with van der Waals surface area (Å²) in [7, 11) is 0. The summed E-state index contributed by atoms with van der Waals surface area (Å²) in [5, 5.41) is 2.90. The van der Waals surface area contributed by atoms with Crippen LogP contribution >= 0.6 is 0 Å². The number of benzene rings is 2. The number of hydrogen-bond donors (Lipinski definition) is 2. The Morgan fingerprint density at radius 2 is 1.93 bits per heavy atom. The zero-order valence-corrected chi connectivity index (χ0v) is 16.7. The molecular weight excluding hydrogens is 350 g/mol. The second-order valence-corrected chi connectivity index (χ2v) is 7.66. The van der Waals surface area contributed by atoms with Gasteiger partial charge in [0.2, 0.25) is 5.91 Å². The molecule has 0 radical (unpaired) electrons. The standard InChI is InChI=1S/C23H29N3O2/c1-16-14-19(23(28)26-13-7-6-8-17(26)2)11-12-21(16)25-22(27)20(24)15-18-9-4-3-5-10-18/h3-5,9-12,14,17,20H,6-8,13,15,24H2,1-2H3,(H,25,27)/t17?,20-/m0/s1. The van der Waals surface area contributed by atoms with Crippen LogP contribution in [-0.2, 0) is 11.2 Å². The van der Waals surface area contributed by atoms with Crippen molar-refractivity contribution >= 4 is 17.5 Å². The van der Waals surface area contributed by atoms with Crippen LogP contribution in [0.4, 0.5) is 5.69 Å². The number of aryl methyl sites for hydroxylation is 1. The molecule has 0 bridgehead atoms. The molecule has 3 rings (SSSR count). The van der Waals surface area contributed by atoms with Crippen LogP contribution in [-0.4, -0.2) is 35.3 Å². The first kappa shape index (κ1) is 20.1. The van der Waals surface area contributed by atoms with Crippen LogP contribution in [0.15, 0.2) is 48.5 Å². The number of carbonyl (C=O) groups excluding carboxylic acids is 2. The van der Waals surface area contributed by atoms with E-state index in [1.807, 2.05) is 48.2 Å². The van der Waals surface area contributed by atoms with E-state index in [1.54, 1.807) is 12.1 Å². The SMILES string of the molecule is Cc1cc(C(=O)N2CCCCC2C)ccc1NC(=O)[C@@H](N)Cc1ccccc1. The summed E-state index contributed by atoms with van der Waals surface area (Å²) >= 11 is 0. The molecule has 1 aliphatic rings. The van der Waals surface area contributed by atoms with Crippen LogP contribution in [0.2, 0.25) is 0 Å². The Labute approximate surface area is 166 Å². The maximum Gasteiger partial charge on any atom is 0.254 e. The van der Waals surface area contributed by atoms with Crippen molar-refractivity contribution in [1.82, 2.24) is 4.90 Å². The van der Waals surface area contributed by atoms with Crippen molar-refractivity contribution < 1.29 is 9.59 Å². The van der Waals surface area contributed by atoms with Gasteiger partial charge in [0.25, 0.3) is 5.91 Å². The molecule has 5 nitrogen and oxygen atoms in total. The van der Waals surface area contributed by atoms with Crippen LogP contribution in [0, 0.1) is 6.92 Å². The van der Waals surface area contributed by atoms with E-state index >= 15 is 0 Å².